The number of carbonyl (C=O) groups excluding carboxylic acids is 1. The first-order valence-electron chi connectivity index (χ1n) is 6.21. The predicted octanol–water partition coefficient (Wildman–Crippen LogP) is 3.33. The van der Waals surface area contributed by atoms with E-state index in [4.69, 9.17) is 10.5 Å². The van der Waals surface area contributed by atoms with Gasteiger partial charge in [-0.1, -0.05) is 28.1 Å². The number of benzene rings is 2. The van der Waals surface area contributed by atoms with E-state index >= 15 is 0 Å². The van der Waals surface area contributed by atoms with E-state index in [1.54, 1.807) is 0 Å². The minimum Gasteiger partial charge on any atom is -0.397 e. The van der Waals surface area contributed by atoms with Gasteiger partial charge < -0.3 is 15.8 Å². The molecule has 0 bridgehead atoms. The summed E-state index contributed by atoms with van der Waals surface area (Å²) in [5, 5.41) is 2.57. The molecule has 2 aromatic carbocycles. The van der Waals surface area contributed by atoms with Crippen LogP contribution in [0.5, 0.6) is 0 Å². The van der Waals surface area contributed by atoms with Gasteiger partial charge in [0.2, 0.25) is 5.91 Å². The number of hydrogen-bond donors (Lipinski definition) is 2. The molecule has 0 atom stereocenters. The molecule has 0 aliphatic rings. The van der Waals surface area contributed by atoms with Gasteiger partial charge in [0.25, 0.3) is 0 Å². The zero-order valence-electron chi connectivity index (χ0n) is 11.1. The summed E-state index contributed by atoms with van der Waals surface area (Å²) in [6, 6.07) is 11.4. The maximum atomic E-state index is 12.9. The largest absolute Gasteiger partial charge is 0.397 e. The normalized spacial score (nSPS) is 10.4. The number of nitrogen functional groups attached to an aromatic ring is 1. The SMILES string of the molecule is Nc1cc(F)ccc1NC(=O)COCc1ccc(Br)cc1. The Kier molecular flexibility index (Phi) is 5.30. The van der Waals surface area contributed by atoms with Crippen LogP contribution in [-0.4, -0.2) is 12.5 Å². The molecule has 0 saturated heterocycles. The molecule has 0 aliphatic heterocycles. The van der Waals surface area contributed by atoms with Gasteiger partial charge in [0, 0.05) is 4.47 Å². The molecular formula is C15H14BrFN2O2. The van der Waals surface area contributed by atoms with Crippen LogP contribution in [0.15, 0.2) is 46.9 Å². The molecule has 110 valence electrons. The highest BCUT2D eigenvalue weighted by atomic mass is 79.9. The third-order valence-corrected chi connectivity index (χ3v) is 3.23. The van der Waals surface area contributed by atoms with E-state index in [-0.39, 0.29) is 18.2 Å². The molecule has 2 rings (SSSR count). The van der Waals surface area contributed by atoms with Crippen LogP contribution in [0, 0.1) is 5.82 Å². The second-order valence-electron chi connectivity index (χ2n) is 4.40. The number of carbonyl (C=O) groups is 1. The Morgan fingerprint density at radius 2 is 1.95 bits per heavy atom. The molecule has 0 aliphatic carbocycles. The highest BCUT2D eigenvalue weighted by Gasteiger charge is 2.06. The van der Waals surface area contributed by atoms with E-state index in [9.17, 15) is 9.18 Å². The van der Waals surface area contributed by atoms with Crippen molar-refractivity contribution in [3.05, 3.63) is 58.3 Å². The van der Waals surface area contributed by atoms with Crippen molar-refractivity contribution in [3.8, 4) is 0 Å². The molecule has 0 saturated carbocycles. The third kappa shape index (κ3) is 4.84. The van der Waals surface area contributed by atoms with Gasteiger partial charge in [0.05, 0.1) is 18.0 Å². The van der Waals surface area contributed by atoms with Gasteiger partial charge in [-0.05, 0) is 35.9 Å². The Balaban J connectivity index is 1.81. The quantitative estimate of drug-likeness (QED) is 0.811. The Morgan fingerprint density at radius 3 is 2.62 bits per heavy atom. The fraction of sp³-hybridized carbons (Fsp3) is 0.133. The molecule has 2 aromatic rings. The summed E-state index contributed by atoms with van der Waals surface area (Å²) in [7, 11) is 0. The molecule has 1 amide bonds. The second-order valence-corrected chi connectivity index (χ2v) is 5.31. The highest BCUT2D eigenvalue weighted by Crippen LogP contribution is 2.18. The summed E-state index contributed by atoms with van der Waals surface area (Å²) in [5.41, 5.74) is 7.11. The van der Waals surface area contributed by atoms with Crippen LogP contribution < -0.4 is 11.1 Å². The van der Waals surface area contributed by atoms with Crippen molar-refractivity contribution in [1.29, 1.82) is 0 Å². The number of anilines is 2. The van der Waals surface area contributed by atoms with Crippen LogP contribution in [0.4, 0.5) is 15.8 Å². The molecule has 0 fully saturated rings. The fourth-order valence-corrected chi connectivity index (χ4v) is 1.94. The summed E-state index contributed by atoms with van der Waals surface area (Å²) >= 11 is 3.34. The predicted molar refractivity (Wildman–Crippen MR) is 83.2 cm³/mol. The standard InChI is InChI=1S/C15H14BrFN2O2/c16-11-3-1-10(2-4-11)8-21-9-15(20)19-14-6-5-12(17)7-13(14)18/h1-7H,8-9,18H2,(H,19,20). The second kappa shape index (κ2) is 7.19. The molecule has 4 nitrogen and oxygen atoms in total. The number of rotatable bonds is 5. The van der Waals surface area contributed by atoms with Gasteiger partial charge in [-0.2, -0.15) is 0 Å². The van der Waals surface area contributed by atoms with E-state index in [1.807, 2.05) is 24.3 Å². The molecular weight excluding hydrogens is 339 g/mol. The van der Waals surface area contributed by atoms with Crippen molar-refractivity contribution in [1.82, 2.24) is 0 Å². The van der Waals surface area contributed by atoms with Gasteiger partial charge in [0.1, 0.15) is 12.4 Å². The van der Waals surface area contributed by atoms with Gasteiger partial charge in [-0.15, -0.1) is 0 Å². The Morgan fingerprint density at radius 1 is 1.24 bits per heavy atom. The summed E-state index contributed by atoms with van der Waals surface area (Å²) in [6.45, 7) is 0.229. The zero-order chi connectivity index (χ0) is 15.2. The number of nitrogens with two attached hydrogens (primary N) is 1. The summed E-state index contributed by atoms with van der Waals surface area (Å²) in [6.07, 6.45) is 0. The van der Waals surface area contributed by atoms with Crippen LogP contribution >= 0.6 is 15.9 Å². The Hall–Kier alpha value is -1.92. The molecule has 0 aromatic heterocycles. The maximum absolute atomic E-state index is 12.9. The van der Waals surface area contributed by atoms with E-state index in [0.29, 0.717) is 12.3 Å². The maximum Gasteiger partial charge on any atom is 0.250 e. The van der Waals surface area contributed by atoms with Crippen molar-refractivity contribution in [2.24, 2.45) is 0 Å². The van der Waals surface area contributed by atoms with Gasteiger partial charge in [0.15, 0.2) is 0 Å². The van der Waals surface area contributed by atoms with Crippen LogP contribution in [0.3, 0.4) is 0 Å². The lowest BCUT2D eigenvalue weighted by Gasteiger charge is -2.09. The monoisotopic (exact) mass is 352 g/mol. The van der Waals surface area contributed by atoms with Crippen LogP contribution in [-0.2, 0) is 16.1 Å². The number of amides is 1. The van der Waals surface area contributed by atoms with Crippen molar-refractivity contribution >= 4 is 33.2 Å². The van der Waals surface area contributed by atoms with E-state index in [0.717, 1.165) is 16.1 Å². The third-order valence-electron chi connectivity index (χ3n) is 2.70. The molecule has 0 radical (unpaired) electrons. The van der Waals surface area contributed by atoms with Crippen LogP contribution in [0.1, 0.15) is 5.56 Å². The van der Waals surface area contributed by atoms with Crippen LogP contribution in [0.2, 0.25) is 0 Å². The van der Waals surface area contributed by atoms with E-state index in [1.165, 1.54) is 12.1 Å². The van der Waals surface area contributed by atoms with E-state index in [2.05, 4.69) is 21.2 Å². The molecule has 3 N–H and O–H groups in total. The first-order valence-corrected chi connectivity index (χ1v) is 7.01. The highest BCUT2D eigenvalue weighted by molar-refractivity contribution is 9.10. The fourth-order valence-electron chi connectivity index (χ4n) is 1.68. The van der Waals surface area contributed by atoms with Crippen molar-refractivity contribution < 1.29 is 13.9 Å². The Bertz CT molecular complexity index is 632. The van der Waals surface area contributed by atoms with Crippen molar-refractivity contribution in [2.75, 3.05) is 17.7 Å². The average Bonchev–Trinajstić information content (AvgIpc) is 2.44. The lowest BCUT2D eigenvalue weighted by atomic mass is 10.2. The van der Waals surface area contributed by atoms with Crippen molar-refractivity contribution in [2.45, 2.75) is 6.61 Å². The summed E-state index contributed by atoms with van der Waals surface area (Å²) in [5.74, 6) is -0.789. The average molecular weight is 353 g/mol. The van der Waals surface area contributed by atoms with Crippen molar-refractivity contribution in [3.63, 3.8) is 0 Å². The Labute approximate surface area is 130 Å². The number of ether oxygens (including phenoxy) is 1. The topological polar surface area (TPSA) is 64.3 Å². The first kappa shape index (κ1) is 15.5. The zero-order valence-corrected chi connectivity index (χ0v) is 12.7. The summed E-state index contributed by atoms with van der Waals surface area (Å²) in [4.78, 5) is 11.7. The molecule has 0 heterocycles. The minimum absolute atomic E-state index is 0.104. The lowest BCUT2D eigenvalue weighted by molar-refractivity contribution is -0.121. The number of halogens is 2. The van der Waals surface area contributed by atoms with Gasteiger partial charge >= 0.3 is 0 Å². The molecule has 21 heavy (non-hydrogen) atoms. The van der Waals surface area contributed by atoms with Gasteiger partial charge in [-0.3, -0.25) is 4.79 Å². The molecule has 0 unspecified atom stereocenters. The van der Waals surface area contributed by atoms with E-state index < -0.39 is 5.82 Å². The van der Waals surface area contributed by atoms with Gasteiger partial charge in [-0.25, -0.2) is 4.39 Å². The molecule has 0 spiro atoms. The van der Waals surface area contributed by atoms with Crippen LogP contribution in [0.25, 0.3) is 0 Å². The molecule has 6 heteroatoms. The minimum atomic E-state index is -0.447. The smallest absolute Gasteiger partial charge is 0.250 e. The number of nitrogens with one attached hydrogen (secondary N) is 1. The number of hydrogen-bond acceptors (Lipinski definition) is 3. The first-order chi connectivity index (χ1) is 10.0. The summed E-state index contributed by atoms with van der Waals surface area (Å²) < 4.78 is 19.2. The lowest BCUT2D eigenvalue weighted by Crippen LogP contribution is -2.19.